The van der Waals surface area contributed by atoms with E-state index in [-0.39, 0.29) is 6.10 Å². The van der Waals surface area contributed by atoms with E-state index in [9.17, 15) is 5.11 Å². The lowest BCUT2D eigenvalue weighted by atomic mass is 9.78. The average molecular weight is 183 g/mol. The third kappa shape index (κ3) is 2.05. The average Bonchev–Trinajstić information content (AvgIpc) is 2.13. The van der Waals surface area contributed by atoms with E-state index >= 15 is 0 Å². The van der Waals surface area contributed by atoms with E-state index in [0.29, 0.717) is 11.8 Å². The Hall–Kier alpha value is -0.0800. The lowest BCUT2D eigenvalue weighted by molar-refractivity contribution is -0.0324. The molecule has 2 aliphatic rings. The van der Waals surface area contributed by atoms with Crippen LogP contribution in [0.5, 0.6) is 0 Å². The molecule has 2 fully saturated rings. The maximum absolute atomic E-state index is 10.1. The van der Waals surface area contributed by atoms with E-state index in [1.54, 1.807) is 0 Å². The number of hydrogen-bond acceptors (Lipinski definition) is 2. The van der Waals surface area contributed by atoms with Gasteiger partial charge in [0, 0.05) is 19.0 Å². The first-order valence-electron chi connectivity index (χ1n) is 5.64. The predicted molar refractivity (Wildman–Crippen MR) is 53.6 cm³/mol. The van der Waals surface area contributed by atoms with Crippen molar-refractivity contribution >= 4 is 0 Å². The van der Waals surface area contributed by atoms with E-state index < -0.39 is 0 Å². The molecule has 0 bridgehead atoms. The van der Waals surface area contributed by atoms with Gasteiger partial charge in [-0.1, -0.05) is 19.3 Å². The lowest BCUT2D eigenvalue weighted by Crippen LogP contribution is -2.51. The van der Waals surface area contributed by atoms with Gasteiger partial charge in [0.15, 0.2) is 0 Å². The summed E-state index contributed by atoms with van der Waals surface area (Å²) < 4.78 is 0. The molecule has 2 rings (SSSR count). The van der Waals surface area contributed by atoms with Crippen molar-refractivity contribution in [3.05, 3.63) is 0 Å². The molecule has 0 aromatic heterocycles. The van der Waals surface area contributed by atoms with Crippen molar-refractivity contribution in [2.75, 3.05) is 20.1 Å². The Morgan fingerprint density at radius 3 is 2.23 bits per heavy atom. The monoisotopic (exact) mass is 183 g/mol. The fourth-order valence-electron chi connectivity index (χ4n) is 2.82. The normalized spacial score (nSPS) is 30.0. The van der Waals surface area contributed by atoms with Gasteiger partial charge in [-0.2, -0.15) is 0 Å². The van der Waals surface area contributed by atoms with Crippen LogP contribution in [0.25, 0.3) is 0 Å². The zero-order chi connectivity index (χ0) is 9.26. The molecule has 1 saturated carbocycles. The van der Waals surface area contributed by atoms with Gasteiger partial charge in [0.2, 0.25) is 0 Å². The Balaban J connectivity index is 1.78. The van der Waals surface area contributed by atoms with E-state index in [0.717, 1.165) is 13.1 Å². The summed E-state index contributed by atoms with van der Waals surface area (Å²) in [7, 11) is 2.13. The highest BCUT2D eigenvalue weighted by atomic mass is 16.3. The summed E-state index contributed by atoms with van der Waals surface area (Å²) in [4.78, 5) is 2.29. The molecule has 2 nitrogen and oxygen atoms in total. The SMILES string of the molecule is CN1CC(C(O)C2CCCCC2)C1. The van der Waals surface area contributed by atoms with Crippen molar-refractivity contribution in [2.24, 2.45) is 11.8 Å². The molecule has 2 heteroatoms. The van der Waals surface area contributed by atoms with Crippen LogP contribution < -0.4 is 0 Å². The Morgan fingerprint density at radius 1 is 1.08 bits per heavy atom. The fourth-order valence-corrected chi connectivity index (χ4v) is 2.82. The van der Waals surface area contributed by atoms with Crippen molar-refractivity contribution in [1.29, 1.82) is 0 Å². The summed E-state index contributed by atoms with van der Waals surface area (Å²) in [5.74, 6) is 1.19. The van der Waals surface area contributed by atoms with Gasteiger partial charge in [-0.3, -0.25) is 0 Å². The van der Waals surface area contributed by atoms with Gasteiger partial charge >= 0.3 is 0 Å². The number of aliphatic hydroxyl groups excluding tert-OH is 1. The predicted octanol–water partition coefficient (Wildman–Crippen LogP) is 1.49. The van der Waals surface area contributed by atoms with E-state index in [2.05, 4.69) is 11.9 Å². The van der Waals surface area contributed by atoms with Crippen molar-refractivity contribution in [1.82, 2.24) is 4.90 Å². The summed E-state index contributed by atoms with van der Waals surface area (Å²) in [5.41, 5.74) is 0. The standard InChI is InChI=1S/C11H21NO/c1-12-7-10(8-12)11(13)9-5-3-2-4-6-9/h9-11,13H,2-8H2,1H3. The molecule has 0 aromatic rings. The molecule has 1 aliphatic heterocycles. The molecular weight excluding hydrogens is 162 g/mol. The molecule has 0 amide bonds. The van der Waals surface area contributed by atoms with Crippen LogP contribution >= 0.6 is 0 Å². The molecule has 76 valence electrons. The van der Waals surface area contributed by atoms with Crippen LogP contribution in [-0.2, 0) is 0 Å². The fraction of sp³-hybridized carbons (Fsp3) is 1.00. The lowest BCUT2D eigenvalue weighted by Gasteiger charge is -2.42. The summed E-state index contributed by atoms with van der Waals surface area (Å²) in [6, 6.07) is 0. The highest BCUT2D eigenvalue weighted by Gasteiger charge is 2.34. The first kappa shape index (κ1) is 9.47. The molecule has 1 atom stereocenters. The molecule has 0 radical (unpaired) electrons. The summed E-state index contributed by atoms with van der Waals surface area (Å²) in [5, 5.41) is 10.1. The van der Waals surface area contributed by atoms with Crippen LogP contribution in [0, 0.1) is 11.8 Å². The second-order valence-electron chi connectivity index (χ2n) is 4.87. The van der Waals surface area contributed by atoms with Crippen molar-refractivity contribution in [2.45, 2.75) is 38.2 Å². The minimum Gasteiger partial charge on any atom is -0.392 e. The van der Waals surface area contributed by atoms with Crippen LogP contribution in [0.1, 0.15) is 32.1 Å². The molecule has 13 heavy (non-hydrogen) atoms. The molecule has 0 spiro atoms. The van der Waals surface area contributed by atoms with Gasteiger partial charge in [0.05, 0.1) is 6.10 Å². The topological polar surface area (TPSA) is 23.5 Å². The van der Waals surface area contributed by atoms with Crippen LogP contribution in [0.2, 0.25) is 0 Å². The van der Waals surface area contributed by atoms with E-state index in [1.807, 2.05) is 0 Å². The molecule has 0 aromatic carbocycles. The smallest absolute Gasteiger partial charge is 0.0621 e. The second-order valence-corrected chi connectivity index (χ2v) is 4.87. The summed E-state index contributed by atoms with van der Waals surface area (Å²) in [6.45, 7) is 2.22. The highest BCUT2D eigenvalue weighted by molar-refractivity contribution is 4.87. The van der Waals surface area contributed by atoms with Gasteiger partial charge in [-0.25, -0.2) is 0 Å². The van der Waals surface area contributed by atoms with Crippen molar-refractivity contribution in [3.8, 4) is 0 Å². The minimum atomic E-state index is -0.00324. The third-order valence-corrected chi connectivity index (χ3v) is 3.71. The Labute approximate surface area is 80.9 Å². The van der Waals surface area contributed by atoms with Crippen LogP contribution in [0.4, 0.5) is 0 Å². The maximum atomic E-state index is 10.1. The molecule has 1 heterocycles. The number of nitrogens with zero attached hydrogens (tertiary/aromatic N) is 1. The van der Waals surface area contributed by atoms with Crippen molar-refractivity contribution < 1.29 is 5.11 Å². The quantitative estimate of drug-likeness (QED) is 0.701. The van der Waals surface area contributed by atoms with Gasteiger partial charge in [-0.05, 0) is 25.8 Å². The van der Waals surface area contributed by atoms with Crippen molar-refractivity contribution in [3.63, 3.8) is 0 Å². The maximum Gasteiger partial charge on any atom is 0.0621 e. The molecule has 1 N–H and O–H groups in total. The Bertz CT molecular complexity index is 159. The van der Waals surface area contributed by atoms with E-state index in [4.69, 9.17) is 0 Å². The molecule has 1 saturated heterocycles. The first-order valence-corrected chi connectivity index (χ1v) is 5.64. The van der Waals surface area contributed by atoms with Gasteiger partial charge < -0.3 is 10.0 Å². The molecule has 1 unspecified atom stereocenters. The number of likely N-dealkylation sites (tertiary alicyclic amines) is 1. The zero-order valence-electron chi connectivity index (χ0n) is 8.58. The molecular formula is C11H21NO. The largest absolute Gasteiger partial charge is 0.392 e. The van der Waals surface area contributed by atoms with Crippen LogP contribution in [-0.4, -0.2) is 36.2 Å². The zero-order valence-corrected chi connectivity index (χ0v) is 8.58. The van der Waals surface area contributed by atoms with Crippen LogP contribution in [0.3, 0.4) is 0 Å². The first-order chi connectivity index (χ1) is 6.27. The third-order valence-electron chi connectivity index (χ3n) is 3.71. The minimum absolute atomic E-state index is 0.00324. The summed E-state index contributed by atoms with van der Waals surface area (Å²) in [6.07, 6.45) is 6.59. The molecule has 1 aliphatic carbocycles. The van der Waals surface area contributed by atoms with Gasteiger partial charge in [-0.15, -0.1) is 0 Å². The highest BCUT2D eigenvalue weighted by Crippen LogP contribution is 2.32. The Kier molecular flexibility index (Phi) is 2.89. The van der Waals surface area contributed by atoms with Crippen LogP contribution in [0.15, 0.2) is 0 Å². The Morgan fingerprint density at radius 2 is 1.69 bits per heavy atom. The number of hydrogen-bond donors (Lipinski definition) is 1. The number of rotatable bonds is 2. The second kappa shape index (κ2) is 3.97. The van der Waals surface area contributed by atoms with Gasteiger partial charge in [0.25, 0.3) is 0 Å². The van der Waals surface area contributed by atoms with Gasteiger partial charge in [0.1, 0.15) is 0 Å². The van der Waals surface area contributed by atoms with E-state index in [1.165, 1.54) is 32.1 Å². The number of aliphatic hydroxyl groups is 1. The summed E-state index contributed by atoms with van der Waals surface area (Å²) >= 11 is 0.